The van der Waals surface area contributed by atoms with Crippen molar-refractivity contribution in [2.45, 2.75) is 70.5 Å². The van der Waals surface area contributed by atoms with Crippen LogP contribution in [0.3, 0.4) is 0 Å². The van der Waals surface area contributed by atoms with Gasteiger partial charge in [0.25, 0.3) is 0 Å². The smallest absolute Gasteiger partial charge is 0.191 e. The average molecular weight is 474 g/mol. The molecule has 7 heteroatoms. The lowest BCUT2D eigenvalue weighted by atomic mass is 10.2. The maximum absolute atomic E-state index is 4.40. The van der Waals surface area contributed by atoms with Crippen LogP contribution in [0.25, 0.3) is 0 Å². The van der Waals surface area contributed by atoms with Gasteiger partial charge in [-0.3, -0.25) is 9.89 Å². The third kappa shape index (κ3) is 6.11. The maximum Gasteiger partial charge on any atom is 0.191 e. The standard InChI is InChI=1S/C19H34N6.HI/c1-16-21-11-14-24(16)12-6-5-10-22-19(20-2)23-17-9-13-25(15-17)18-7-3-4-8-18;/h11,14,17-18H,3-10,12-13,15H2,1-2H3,(H2,20,22,23);1H. The van der Waals surface area contributed by atoms with Crippen molar-refractivity contribution in [1.29, 1.82) is 0 Å². The van der Waals surface area contributed by atoms with Crippen LogP contribution in [0.2, 0.25) is 0 Å². The van der Waals surface area contributed by atoms with E-state index in [4.69, 9.17) is 0 Å². The van der Waals surface area contributed by atoms with Crippen LogP contribution in [0.15, 0.2) is 17.4 Å². The molecule has 1 aliphatic carbocycles. The van der Waals surface area contributed by atoms with E-state index in [9.17, 15) is 0 Å². The quantitative estimate of drug-likeness (QED) is 0.276. The minimum atomic E-state index is 0. The third-order valence-corrected chi connectivity index (χ3v) is 5.67. The van der Waals surface area contributed by atoms with Crippen LogP contribution in [-0.4, -0.2) is 59.2 Å². The van der Waals surface area contributed by atoms with Crippen LogP contribution in [0.5, 0.6) is 0 Å². The molecular weight excluding hydrogens is 439 g/mol. The van der Waals surface area contributed by atoms with Crippen molar-refractivity contribution in [3.63, 3.8) is 0 Å². The molecule has 26 heavy (non-hydrogen) atoms. The Bertz CT molecular complexity index is 552. The minimum absolute atomic E-state index is 0. The number of hydrogen-bond donors (Lipinski definition) is 2. The zero-order valence-electron chi connectivity index (χ0n) is 16.3. The number of hydrogen-bond acceptors (Lipinski definition) is 3. The van der Waals surface area contributed by atoms with Crippen LogP contribution < -0.4 is 10.6 Å². The zero-order chi connectivity index (χ0) is 17.5. The Balaban J connectivity index is 0.00000243. The SMILES string of the molecule is CN=C(NCCCCn1ccnc1C)NC1CCN(C2CCCC2)C1.I. The summed E-state index contributed by atoms with van der Waals surface area (Å²) in [5.74, 6) is 2.05. The number of aliphatic imine (C=N–C) groups is 1. The van der Waals surface area contributed by atoms with Crippen LogP contribution >= 0.6 is 24.0 Å². The first-order valence-corrected chi connectivity index (χ1v) is 9.95. The van der Waals surface area contributed by atoms with Gasteiger partial charge in [0, 0.05) is 57.7 Å². The van der Waals surface area contributed by atoms with E-state index < -0.39 is 0 Å². The van der Waals surface area contributed by atoms with E-state index in [1.54, 1.807) is 0 Å². The Morgan fingerprint density at radius 3 is 2.77 bits per heavy atom. The van der Waals surface area contributed by atoms with Crippen molar-refractivity contribution in [3.8, 4) is 0 Å². The fraction of sp³-hybridized carbons (Fsp3) is 0.789. The lowest BCUT2D eigenvalue weighted by Crippen LogP contribution is -2.45. The van der Waals surface area contributed by atoms with Gasteiger partial charge in [-0.1, -0.05) is 12.8 Å². The number of rotatable bonds is 7. The number of unbranched alkanes of at least 4 members (excludes halogenated alkanes) is 1. The largest absolute Gasteiger partial charge is 0.356 e. The fourth-order valence-electron chi connectivity index (χ4n) is 4.15. The highest BCUT2D eigenvalue weighted by atomic mass is 127. The van der Waals surface area contributed by atoms with Gasteiger partial charge < -0.3 is 15.2 Å². The van der Waals surface area contributed by atoms with E-state index >= 15 is 0 Å². The molecule has 1 saturated heterocycles. The van der Waals surface area contributed by atoms with Crippen molar-refractivity contribution < 1.29 is 0 Å². The molecule has 0 amide bonds. The summed E-state index contributed by atoms with van der Waals surface area (Å²) in [7, 11) is 1.87. The van der Waals surface area contributed by atoms with E-state index in [0.29, 0.717) is 6.04 Å². The van der Waals surface area contributed by atoms with E-state index in [-0.39, 0.29) is 24.0 Å². The van der Waals surface area contributed by atoms with Crippen LogP contribution in [0.4, 0.5) is 0 Å². The van der Waals surface area contributed by atoms with Crippen molar-refractivity contribution in [3.05, 3.63) is 18.2 Å². The number of nitrogens with one attached hydrogen (secondary N) is 2. The predicted octanol–water partition coefficient (Wildman–Crippen LogP) is 2.77. The Morgan fingerprint density at radius 2 is 2.08 bits per heavy atom. The number of halogens is 1. The summed E-state index contributed by atoms with van der Waals surface area (Å²) in [4.78, 5) is 11.3. The topological polar surface area (TPSA) is 57.5 Å². The second kappa shape index (κ2) is 11.1. The number of guanidine groups is 1. The molecule has 2 fully saturated rings. The zero-order valence-corrected chi connectivity index (χ0v) is 18.6. The monoisotopic (exact) mass is 474 g/mol. The Morgan fingerprint density at radius 1 is 1.27 bits per heavy atom. The van der Waals surface area contributed by atoms with E-state index in [1.165, 1.54) is 45.2 Å². The summed E-state index contributed by atoms with van der Waals surface area (Å²) in [5, 5.41) is 7.09. The normalized spacial score (nSPS) is 21.8. The van der Waals surface area contributed by atoms with Gasteiger partial charge in [0.15, 0.2) is 5.96 Å². The fourth-order valence-corrected chi connectivity index (χ4v) is 4.15. The summed E-state index contributed by atoms with van der Waals surface area (Å²) in [5.41, 5.74) is 0. The van der Waals surface area contributed by atoms with E-state index in [1.807, 2.05) is 13.2 Å². The molecule has 3 rings (SSSR count). The molecule has 2 N–H and O–H groups in total. The minimum Gasteiger partial charge on any atom is -0.356 e. The number of nitrogens with zero attached hydrogens (tertiary/aromatic N) is 4. The summed E-state index contributed by atoms with van der Waals surface area (Å²) < 4.78 is 2.21. The van der Waals surface area contributed by atoms with Gasteiger partial charge in [-0.15, -0.1) is 24.0 Å². The number of aromatic nitrogens is 2. The highest BCUT2D eigenvalue weighted by Crippen LogP contribution is 2.26. The first kappa shape index (κ1) is 21.5. The first-order valence-electron chi connectivity index (χ1n) is 9.95. The summed E-state index contributed by atoms with van der Waals surface area (Å²) in [6.45, 7) is 6.47. The molecule has 1 aliphatic heterocycles. The molecule has 6 nitrogen and oxygen atoms in total. The van der Waals surface area contributed by atoms with Gasteiger partial charge in [-0.2, -0.15) is 0 Å². The lowest BCUT2D eigenvalue weighted by Gasteiger charge is -2.24. The molecule has 0 bridgehead atoms. The van der Waals surface area contributed by atoms with Crippen molar-refractivity contribution in [1.82, 2.24) is 25.1 Å². The first-order chi connectivity index (χ1) is 12.3. The number of aryl methyl sites for hydroxylation is 2. The van der Waals surface area contributed by atoms with Gasteiger partial charge in [0.1, 0.15) is 5.82 Å². The molecule has 1 aromatic rings. The second-order valence-electron chi connectivity index (χ2n) is 7.44. The predicted molar refractivity (Wildman–Crippen MR) is 118 cm³/mol. The molecule has 0 radical (unpaired) electrons. The Labute approximate surface area is 175 Å². The number of imidazole rings is 1. The summed E-state index contributed by atoms with van der Waals surface area (Å²) >= 11 is 0. The molecule has 1 aromatic heterocycles. The van der Waals surface area contributed by atoms with Crippen molar-refractivity contribution in [2.24, 2.45) is 4.99 Å². The highest BCUT2D eigenvalue weighted by Gasteiger charge is 2.30. The molecule has 2 heterocycles. The van der Waals surface area contributed by atoms with Crippen molar-refractivity contribution >= 4 is 29.9 Å². The van der Waals surface area contributed by atoms with Gasteiger partial charge in [0.2, 0.25) is 0 Å². The summed E-state index contributed by atoms with van der Waals surface area (Å²) in [6, 6.07) is 1.38. The van der Waals surface area contributed by atoms with E-state index in [0.717, 1.165) is 43.8 Å². The third-order valence-electron chi connectivity index (χ3n) is 5.67. The van der Waals surface area contributed by atoms with Crippen LogP contribution in [0.1, 0.15) is 50.8 Å². The molecule has 2 aliphatic rings. The average Bonchev–Trinajstić information content (AvgIpc) is 3.35. The molecule has 1 unspecified atom stereocenters. The number of likely N-dealkylation sites (tertiary alicyclic amines) is 1. The molecular formula is C19H35IN6. The Hall–Kier alpha value is -0.830. The van der Waals surface area contributed by atoms with Crippen LogP contribution in [0, 0.1) is 6.92 Å². The van der Waals surface area contributed by atoms with E-state index in [2.05, 4.69) is 43.2 Å². The molecule has 148 valence electrons. The van der Waals surface area contributed by atoms with Crippen molar-refractivity contribution in [2.75, 3.05) is 26.7 Å². The lowest BCUT2D eigenvalue weighted by molar-refractivity contribution is 0.242. The van der Waals surface area contributed by atoms with Crippen LogP contribution in [-0.2, 0) is 6.54 Å². The Kier molecular flexibility index (Phi) is 9.18. The van der Waals surface area contributed by atoms with Gasteiger partial charge in [0.05, 0.1) is 0 Å². The summed E-state index contributed by atoms with van der Waals surface area (Å²) in [6.07, 6.45) is 13.1. The molecule has 0 spiro atoms. The molecule has 1 atom stereocenters. The second-order valence-corrected chi connectivity index (χ2v) is 7.44. The molecule has 1 saturated carbocycles. The molecule has 0 aromatic carbocycles. The maximum atomic E-state index is 4.40. The van der Waals surface area contributed by atoms with Gasteiger partial charge in [-0.05, 0) is 39.0 Å². The van der Waals surface area contributed by atoms with Gasteiger partial charge >= 0.3 is 0 Å². The highest BCUT2D eigenvalue weighted by molar-refractivity contribution is 14.0. The van der Waals surface area contributed by atoms with Gasteiger partial charge in [-0.25, -0.2) is 4.98 Å².